The third kappa shape index (κ3) is 3.07. The van der Waals surface area contributed by atoms with Gasteiger partial charge in [0, 0.05) is 18.5 Å². The van der Waals surface area contributed by atoms with Crippen LogP contribution in [0.15, 0.2) is 24.3 Å². The lowest BCUT2D eigenvalue weighted by Gasteiger charge is -2.52. The summed E-state index contributed by atoms with van der Waals surface area (Å²) in [5.74, 6) is 0.829. The largest absolute Gasteiger partial charge is 0.477 e. The van der Waals surface area contributed by atoms with Crippen LogP contribution in [0.1, 0.15) is 39.5 Å². The molecule has 1 aromatic carbocycles. The Hall–Kier alpha value is -1.69. The number of nitrogens with zero attached hydrogens (tertiary/aromatic N) is 2. The maximum atomic E-state index is 8.66. The van der Waals surface area contributed by atoms with E-state index in [-0.39, 0.29) is 6.61 Å². The number of nitriles is 1. The van der Waals surface area contributed by atoms with Crippen molar-refractivity contribution in [3.8, 4) is 11.8 Å². The van der Waals surface area contributed by atoms with Gasteiger partial charge in [0.2, 0.25) is 0 Å². The molecule has 0 unspecified atom stereocenters. The molecule has 0 saturated carbocycles. The molecule has 2 rings (SSSR count). The topological polar surface area (TPSA) is 36.3 Å². The van der Waals surface area contributed by atoms with E-state index in [1.165, 1.54) is 25.7 Å². The van der Waals surface area contributed by atoms with E-state index in [4.69, 9.17) is 10.00 Å². The van der Waals surface area contributed by atoms with E-state index in [1.807, 2.05) is 24.3 Å². The first-order valence-electron chi connectivity index (χ1n) is 7.58. The number of rotatable bonds is 7. The van der Waals surface area contributed by atoms with E-state index in [2.05, 4.69) is 24.8 Å². The molecule has 1 heterocycles. The highest BCUT2D eigenvalue weighted by Gasteiger charge is 2.41. The van der Waals surface area contributed by atoms with Gasteiger partial charge in [-0.15, -0.1) is 0 Å². The zero-order chi connectivity index (χ0) is 14.4. The van der Waals surface area contributed by atoms with Crippen LogP contribution in [-0.4, -0.2) is 19.7 Å². The Balaban J connectivity index is 2.06. The number of para-hydroxylation sites is 2. The molecule has 0 aliphatic carbocycles. The average molecular weight is 272 g/mol. The van der Waals surface area contributed by atoms with Crippen molar-refractivity contribution in [2.24, 2.45) is 5.41 Å². The van der Waals surface area contributed by atoms with Gasteiger partial charge in [0.05, 0.1) is 5.69 Å². The van der Waals surface area contributed by atoms with Crippen LogP contribution in [0.4, 0.5) is 5.69 Å². The third-order valence-corrected chi connectivity index (χ3v) is 4.11. The predicted molar refractivity (Wildman–Crippen MR) is 82.0 cm³/mol. The predicted octanol–water partition coefficient (Wildman–Crippen LogP) is 4.00. The molecule has 0 aromatic heterocycles. The van der Waals surface area contributed by atoms with Crippen LogP contribution in [0.3, 0.4) is 0 Å². The van der Waals surface area contributed by atoms with Gasteiger partial charge in [-0.2, -0.15) is 5.26 Å². The molecule has 20 heavy (non-hydrogen) atoms. The van der Waals surface area contributed by atoms with Crippen molar-refractivity contribution in [2.45, 2.75) is 39.5 Å². The van der Waals surface area contributed by atoms with Crippen molar-refractivity contribution in [1.82, 2.24) is 0 Å². The smallest absolute Gasteiger partial charge is 0.174 e. The molecule has 1 aliphatic rings. The first-order chi connectivity index (χ1) is 9.74. The summed E-state index contributed by atoms with van der Waals surface area (Å²) in [5, 5.41) is 8.66. The second-order valence-corrected chi connectivity index (χ2v) is 5.77. The molecule has 0 bridgehead atoms. The SMILES string of the molecule is CCCC1(CCC)CN(c2ccccc2OCC#N)C1. The van der Waals surface area contributed by atoms with Gasteiger partial charge in [-0.1, -0.05) is 38.8 Å². The molecule has 0 amide bonds. The fourth-order valence-electron chi connectivity index (χ4n) is 3.39. The Labute approximate surface area is 122 Å². The second kappa shape index (κ2) is 6.65. The number of hydrogen-bond acceptors (Lipinski definition) is 3. The van der Waals surface area contributed by atoms with Crippen LogP contribution >= 0.6 is 0 Å². The minimum atomic E-state index is 0.111. The zero-order valence-corrected chi connectivity index (χ0v) is 12.6. The number of ether oxygens (including phenoxy) is 1. The summed E-state index contributed by atoms with van der Waals surface area (Å²) in [4.78, 5) is 2.39. The Morgan fingerprint density at radius 3 is 2.45 bits per heavy atom. The minimum Gasteiger partial charge on any atom is -0.477 e. The fraction of sp³-hybridized carbons (Fsp3) is 0.588. The summed E-state index contributed by atoms with van der Waals surface area (Å²) >= 11 is 0. The van der Waals surface area contributed by atoms with Crippen LogP contribution in [0, 0.1) is 16.7 Å². The van der Waals surface area contributed by atoms with Gasteiger partial charge in [-0.3, -0.25) is 0 Å². The molecule has 1 aromatic rings. The summed E-state index contributed by atoms with van der Waals surface area (Å²) in [6.07, 6.45) is 5.11. The summed E-state index contributed by atoms with van der Waals surface area (Å²) in [6, 6.07) is 10.1. The van der Waals surface area contributed by atoms with Crippen LogP contribution < -0.4 is 9.64 Å². The first-order valence-corrected chi connectivity index (χ1v) is 7.58. The van der Waals surface area contributed by atoms with E-state index in [0.29, 0.717) is 5.41 Å². The monoisotopic (exact) mass is 272 g/mol. The van der Waals surface area contributed by atoms with Gasteiger partial charge >= 0.3 is 0 Å². The van der Waals surface area contributed by atoms with E-state index >= 15 is 0 Å². The van der Waals surface area contributed by atoms with Crippen LogP contribution in [0.25, 0.3) is 0 Å². The Morgan fingerprint density at radius 2 is 1.85 bits per heavy atom. The molecule has 0 N–H and O–H groups in total. The minimum absolute atomic E-state index is 0.111. The number of hydrogen-bond donors (Lipinski definition) is 0. The first kappa shape index (κ1) is 14.7. The van der Waals surface area contributed by atoms with Crippen LogP contribution in [0.2, 0.25) is 0 Å². The molecule has 0 radical (unpaired) electrons. The number of benzene rings is 1. The molecule has 3 heteroatoms. The highest BCUT2D eigenvalue weighted by molar-refractivity contribution is 5.60. The molecule has 108 valence electrons. The van der Waals surface area contributed by atoms with Gasteiger partial charge in [0.25, 0.3) is 0 Å². The highest BCUT2D eigenvalue weighted by atomic mass is 16.5. The summed E-state index contributed by atoms with van der Waals surface area (Å²) in [5.41, 5.74) is 1.62. The summed E-state index contributed by atoms with van der Waals surface area (Å²) in [6.45, 7) is 6.87. The lowest BCUT2D eigenvalue weighted by molar-refractivity contribution is 0.172. The van der Waals surface area contributed by atoms with E-state index in [0.717, 1.165) is 24.5 Å². The molecule has 1 aliphatic heterocycles. The summed E-state index contributed by atoms with van der Waals surface area (Å²) in [7, 11) is 0. The number of anilines is 1. The molecule has 0 spiro atoms. The molecular weight excluding hydrogens is 248 g/mol. The normalized spacial score (nSPS) is 16.4. The Kier molecular flexibility index (Phi) is 4.89. The van der Waals surface area contributed by atoms with Crippen LogP contribution in [-0.2, 0) is 0 Å². The van der Waals surface area contributed by atoms with Crippen molar-refractivity contribution < 1.29 is 4.74 Å². The molecule has 1 saturated heterocycles. The lowest BCUT2D eigenvalue weighted by Crippen LogP contribution is -2.56. The van der Waals surface area contributed by atoms with Gasteiger partial charge < -0.3 is 9.64 Å². The Bertz CT molecular complexity index is 464. The standard InChI is InChI=1S/C17H24N2O/c1-3-9-17(10-4-2)13-19(14-17)15-7-5-6-8-16(15)20-12-11-18/h5-8H,3-4,9-10,12-14H2,1-2H3. The van der Waals surface area contributed by atoms with E-state index in [9.17, 15) is 0 Å². The average Bonchev–Trinajstić information content (AvgIpc) is 2.42. The zero-order valence-electron chi connectivity index (χ0n) is 12.6. The van der Waals surface area contributed by atoms with Gasteiger partial charge in [-0.05, 0) is 25.0 Å². The summed E-state index contributed by atoms with van der Waals surface area (Å²) < 4.78 is 5.53. The maximum absolute atomic E-state index is 8.66. The van der Waals surface area contributed by atoms with Gasteiger partial charge in [-0.25, -0.2) is 0 Å². The highest BCUT2D eigenvalue weighted by Crippen LogP contribution is 2.44. The third-order valence-electron chi connectivity index (χ3n) is 4.11. The lowest BCUT2D eigenvalue weighted by atomic mass is 9.72. The maximum Gasteiger partial charge on any atom is 0.174 e. The quantitative estimate of drug-likeness (QED) is 0.753. The van der Waals surface area contributed by atoms with Crippen molar-refractivity contribution in [2.75, 3.05) is 24.6 Å². The second-order valence-electron chi connectivity index (χ2n) is 5.77. The van der Waals surface area contributed by atoms with E-state index in [1.54, 1.807) is 0 Å². The van der Waals surface area contributed by atoms with Crippen molar-refractivity contribution >= 4 is 5.69 Å². The van der Waals surface area contributed by atoms with Gasteiger partial charge in [0.1, 0.15) is 11.8 Å². The molecule has 3 nitrogen and oxygen atoms in total. The fourth-order valence-corrected chi connectivity index (χ4v) is 3.39. The van der Waals surface area contributed by atoms with Crippen molar-refractivity contribution in [3.05, 3.63) is 24.3 Å². The van der Waals surface area contributed by atoms with E-state index < -0.39 is 0 Å². The molecule has 1 fully saturated rings. The van der Waals surface area contributed by atoms with Crippen molar-refractivity contribution in [1.29, 1.82) is 5.26 Å². The Morgan fingerprint density at radius 1 is 1.20 bits per heavy atom. The van der Waals surface area contributed by atoms with Crippen LogP contribution in [0.5, 0.6) is 5.75 Å². The van der Waals surface area contributed by atoms with Crippen molar-refractivity contribution in [3.63, 3.8) is 0 Å². The molecule has 0 atom stereocenters. The molecular formula is C17H24N2O. The van der Waals surface area contributed by atoms with Gasteiger partial charge in [0.15, 0.2) is 6.61 Å².